The summed E-state index contributed by atoms with van der Waals surface area (Å²) in [6, 6.07) is 6.41. The molecule has 1 unspecified atom stereocenters. The number of halogens is 2. The normalized spacial score (nSPS) is 12.5. The van der Waals surface area contributed by atoms with Crippen molar-refractivity contribution >= 4 is 44.2 Å². The summed E-state index contributed by atoms with van der Waals surface area (Å²) in [6.07, 6.45) is 3.77. The molecule has 1 N–H and O–H groups in total. The minimum absolute atomic E-state index is 0.171. The van der Waals surface area contributed by atoms with Crippen molar-refractivity contribution in [1.82, 2.24) is 9.55 Å². The van der Waals surface area contributed by atoms with Gasteiger partial charge in [0.1, 0.15) is 5.82 Å². The lowest BCUT2D eigenvalue weighted by molar-refractivity contribution is 0.721. The van der Waals surface area contributed by atoms with Crippen LogP contribution in [0.15, 0.2) is 35.1 Å². The number of anilines is 1. The predicted molar refractivity (Wildman–Crippen MR) is 82.1 cm³/mol. The highest BCUT2D eigenvalue weighted by molar-refractivity contribution is 14.1. The van der Waals surface area contributed by atoms with E-state index in [2.05, 4.69) is 73.9 Å². The van der Waals surface area contributed by atoms with Crippen LogP contribution < -0.4 is 5.32 Å². The zero-order chi connectivity index (χ0) is 12.4. The van der Waals surface area contributed by atoms with E-state index >= 15 is 0 Å². The zero-order valence-electron chi connectivity index (χ0n) is 9.61. The van der Waals surface area contributed by atoms with Crippen LogP contribution in [-0.4, -0.2) is 9.55 Å². The van der Waals surface area contributed by atoms with Crippen molar-refractivity contribution in [3.63, 3.8) is 0 Å². The van der Waals surface area contributed by atoms with E-state index in [0.717, 1.165) is 16.0 Å². The summed E-state index contributed by atoms with van der Waals surface area (Å²) in [7, 11) is 2.00. The highest BCUT2D eigenvalue weighted by Gasteiger charge is 2.11. The van der Waals surface area contributed by atoms with Crippen molar-refractivity contribution in [2.45, 2.75) is 13.0 Å². The summed E-state index contributed by atoms with van der Waals surface area (Å²) < 4.78 is 4.30. The molecule has 5 heteroatoms. The van der Waals surface area contributed by atoms with Crippen LogP contribution in [0.1, 0.15) is 18.8 Å². The fourth-order valence-electron chi connectivity index (χ4n) is 1.70. The van der Waals surface area contributed by atoms with Crippen LogP contribution >= 0.6 is 38.5 Å². The van der Waals surface area contributed by atoms with Gasteiger partial charge in [0, 0.05) is 27.5 Å². The fraction of sp³-hybridized carbons (Fsp3) is 0.250. The molecular formula is C12H13BrIN3. The number of hydrogen-bond donors (Lipinski definition) is 1. The van der Waals surface area contributed by atoms with Crippen molar-refractivity contribution in [1.29, 1.82) is 0 Å². The molecule has 0 saturated heterocycles. The molecule has 0 amide bonds. The van der Waals surface area contributed by atoms with Crippen molar-refractivity contribution in [2.75, 3.05) is 5.32 Å². The highest BCUT2D eigenvalue weighted by Crippen LogP contribution is 2.27. The third-order valence-electron chi connectivity index (χ3n) is 2.55. The molecule has 1 heterocycles. The van der Waals surface area contributed by atoms with Gasteiger partial charge in [-0.2, -0.15) is 0 Å². The van der Waals surface area contributed by atoms with Gasteiger partial charge in [-0.3, -0.25) is 0 Å². The average molecular weight is 406 g/mol. The first-order valence-corrected chi connectivity index (χ1v) is 7.14. The summed E-state index contributed by atoms with van der Waals surface area (Å²) in [6.45, 7) is 2.11. The topological polar surface area (TPSA) is 29.9 Å². The van der Waals surface area contributed by atoms with Crippen molar-refractivity contribution < 1.29 is 0 Å². The van der Waals surface area contributed by atoms with Gasteiger partial charge in [-0.25, -0.2) is 4.98 Å². The molecule has 0 bridgehead atoms. The maximum absolute atomic E-state index is 4.35. The largest absolute Gasteiger partial charge is 0.374 e. The van der Waals surface area contributed by atoms with E-state index in [4.69, 9.17) is 0 Å². The molecule has 0 aliphatic heterocycles. The molecule has 0 radical (unpaired) electrons. The third kappa shape index (κ3) is 3.01. The van der Waals surface area contributed by atoms with Gasteiger partial charge in [0.15, 0.2) is 0 Å². The lowest BCUT2D eigenvalue weighted by atomic mass is 10.2. The first kappa shape index (κ1) is 12.9. The van der Waals surface area contributed by atoms with Crippen LogP contribution in [0.25, 0.3) is 0 Å². The lowest BCUT2D eigenvalue weighted by Gasteiger charge is -2.16. The van der Waals surface area contributed by atoms with Crippen LogP contribution in [0.4, 0.5) is 5.69 Å². The Morgan fingerprint density at radius 1 is 1.47 bits per heavy atom. The molecule has 2 aromatic rings. The van der Waals surface area contributed by atoms with Crippen LogP contribution in [0.5, 0.6) is 0 Å². The standard InChI is InChI=1S/C12H13BrIN3/c1-8(12-15-5-6-17(12)2)16-11-7-9(14)3-4-10(11)13/h3-8,16H,1-2H3. The van der Waals surface area contributed by atoms with Gasteiger partial charge in [-0.05, 0) is 63.6 Å². The van der Waals surface area contributed by atoms with E-state index in [1.54, 1.807) is 0 Å². The number of nitrogens with one attached hydrogen (secondary N) is 1. The van der Waals surface area contributed by atoms with Gasteiger partial charge < -0.3 is 9.88 Å². The quantitative estimate of drug-likeness (QED) is 0.783. The number of imidazole rings is 1. The van der Waals surface area contributed by atoms with Crippen LogP contribution in [0.2, 0.25) is 0 Å². The summed E-state index contributed by atoms with van der Waals surface area (Å²) >= 11 is 5.86. The van der Waals surface area contributed by atoms with Gasteiger partial charge in [0.05, 0.1) is 11.7 Å². The van der Waals surface area contributed by atoms with E-state index < -0.39 is 0 Å². The fourth-order valence-corrected chi connectivity index (χ4v) is 2.55. The summed E-state index contributed by atoms with van der Waals surface area (Å²) in [5.41, 5.74) is 1.09. The number of rotatable bonds is 3. The second kappa shape index (κ2) is 5.39. The molecular weight excluding hydrogens is 393 g/mol. The van der Waals surface area contributed by atoms with Gasteiger partial charge in [-0.15, -0.1) is 0 Å². The van der Waals surface area contributed by atoms with E-state index in [0.29, 0.717) is 0 Å². The van der Waals surface area contributed by atoms with Gasteiger partial charge in [0.2, 0.25) is 0 Å². The Bertz CT molecular complexity index is 524. The van der Waals surface area contributed by atoms with Crippen molar-refractivity contribution in [3.8, 4) is 0 Å². The molecule has 3 nitrogen and oxygen atoms in total. The van der Waals surface area contributed by atoms with E-state index in [1.165, 1.54) is 3.57 Å². The maximum atomic E-state index is 4.35. The minimum atomic E-state index is 0.171. The smallest absolute Gasteiger partial charge is 0.130 e. The van der Waals surface area contributed by atoms with Gasteiger partial charge in [0.25, 0.3) is 0 Å². The predicted octanol–water partition coefficient (Wildman–Crippen LogP) is 3.96. The minimum Gasteiger partial charge on any atom is -0.374 e. The monoisotopic (exact) mass is 405 g/mol. The Morgan fingerprint density at radius 2 is 2.24 bits per heavy atom. The molecule has 90 valence electrons. The first-order chi connectivity index (χ1) is 8.08. The Kier molecular flexibility index (Phi) is 4.09. The Labute approximate surface area is 123 Å². The van der Waals surface area contributed by atoms with Gasteiger partial charge >= 0.3 is 0 Å². The van der Waals surface area contributed by atoms with Crippen LogP contribution in [-0.2, 0) is 7.05 Å². The average Bonchev–Trinajstić information content (AvgIpc) is 2.70. The van der Waals surface area contributed by atoms with Crippen LogP contribution in [0.3, 0.4) is 0 Å². The SMILES string of the molecule is CC(Nc1cc(I)ccc1Br)c1nccn1C. The highest BCUT2D eigenvalue weighted by atomic mass is 127. The molecule has 1 aromatic heterocycles. The molecule has 0 saturated carbocycles. The number of nitrogens with zero attached hydrogens (tertiary/aromatic N) is 2. The maximum Gasteiger partial charge on any atom is 0.130 e. The number of benzene rings is 1. The van der Waals surface area contributed by atoms with Crippen molar-refractivity contribution in [2.24, 2.45) is 7.05 Å². The second-order valence-electron chi connectivity index (χ2n) is 3.89. The molecule has 2 rings (SSSR count). The molecule has 0 aliphatic rings. The van der Waals surface area contributed by atoms with Crippen LogP contribution in [0, 0.1) is 3.57 Å². The van der Waals surface area contributed by atoms with Gasteiger partial charge in [-0.1, -0.05) is 0 Å². The number of aryl methyl sites for hydroxylation is 1. The van der Waals surface area contributed by atoms with Crippen molar-refractivity contribution in [3.05, 3.63) is 44.5 Å². The molecule has 1 aromatic carbocycles. The Balaban J connectivity index is 2.21. The van der Waals surface area contributed by atoms with E-state index in [1.807, 2.05) is 24.0 Å². The second-order valence-corrected chi connectivity index (χ2v) is 5.99. The zero-order valence-corrected chi connectivity index (χ0v) is 13.4. The van der Waals surface area contributed by atoms with E-state index in [-0.39, 0.29) is 6.04 Å². The summed E-state index contributed by atoms with van der Waals surface area (Å²) in [5, 5.41) is 3.46. The molecule has 0 fully saturated rings. The first-order valence-electron chi connectivity index (χ1n) is 5.26. The number of hydrogen-bond acceptors (Lipinski definition) is 2. The Morgan fingerprint density at radius 3 is 2.88 bits per heavy atom. The molecule has 0 spiro atoms. The molecule has 17 heavy (non-hydrogen) atoms. The third-order valence-corrected chi connectivity index (χ3v) is 3.91. The summed E-state index contributed by atoms with van der Waals surface area (Å²) in [4.78, 5) is 4.35. The molecule has 1 atom stereocenters. The number of aromatic nitrogens is 2. The van der Waals surface area contributed by atoms with E-state index in [9.17, 15) is 0 Å². The molecule has 0 aliphatic carbocycles. The summed E-state index contributed by atoms with van der Waals surface area (Å²) in [5.74, 6) is 1.02. The lowest BCUT2D eigenvalue weighted by Crippen LogP contribution is -2.12. The Hall–Kier alpha value is -0.560.